The van der Waals surface area contributed by atoms with E-state index in [2.05, 4.69) is 23.3 Å². The van der Waals surface area contributed by atoms with Gasteiger partial charge in [-0.3, -0.25) is 4.79 Å². The molecule has 3 N–H and O–H groups in total. The molecule has 0 radical (unpaired) electrons. The first-order valence-corrected chi connectivity index (χ1v) is 7.11. The Balaban J connectivity index is 2.12. The minimum absolute atomic E-state index is 0.0123. The Morgan fingerprint density at radius 1 is 1.55 bits per heavy atom. The van der Waals surface area contributed by atoms with Gasteiger partial charge in [-0.15, -0.1) is 6.58 Å². The highest BCUT2D eigenvalue weighted by Crippen LogP contribution is 2.39. The highest BCUT2D eigenvalue weighted by Gasteiger charge is 2.31. The van der Waals surface area contributed by atoms with Crippen LogP contribution >= 0.6 is 0 Å². The number of benzene rings is 1. The van der Waals surface area contributed by atoms with Crippen LogP contribution in [-0.4, -0.2) is 23.8 Å². The van der Waals surface area contributed by atoms with Crippen LogP contribution < -0.4 is 10.6 Å². The number of rotatable bonds is 6. The maximum absolute atomic E-state index is 11.3. The molecule has 1 heterocycles. The first-order valence-electron chi connectivity index (χ1n) is 7.11. The molecule has 1 aliphatic heterocycles. The average molecular weight is 274 g/mol. The summed E-state index contributed by atoms with van der Waals surface area (Å²) in [5.41, 5.74) is 3.34. The van der Waals surface area contributed by atoms with Gasteiger partial charge >= 0.3 is 0 Å². The number of aliphatic hydroxyl groups is 1. The molecule has 0 spiro atoms. The minimum atomic E-state index is -0.588. The van der Waals surface area contributed by atoms with Crippen molar-refractivity contribution in [3.8, 4) is 0 Å². The van der Waals surface area contributed by atoms with E-state index in [1.165, 1.54) is 5.56 Å². The molecule has 0 aromatic heterocycles. The van der Waals surface area contributed by atoms with Crippen molar-refractivity contribution in [1.29, 1.82) is 0 Å². The number of carbonyl (C=O) groups is 1. The van der Waals surface area contributed by atoms with E-state index in [9.17, 15) is 9.90 Å². The van der Waals surface area contributed by atoms with Crippen LogP contribution in [0, 0.1) is 0 Å². The number of aliphatic hydroxyl groups excluding tert-OH is 1. The van der Waals surface area contributed by atoms with Crippen LogP contribution in [0.5, 0.6) is 0 Å². The Bertz CT molecular complexity index is 499. The molecule has 0 aliphatic carbocycles. The monoisotopic (exact) mass is 274 g/mol. The van der Waals surface area contributed by atoms with E-state index < -0.39 is 6.23 Å². The van der Waals surface area contributed by atoms with Crippen molar-refractivity contribution in [2.45, 2.75) is 38.3 Å². The van der Waals surface area contributed by atoms with Crippen molar-refractivity contribution in [3.63, 3.8) is 0 Å². The van der Waals surface area contributed by atoms with Gasteiger partial charge in [-0.25, -0.2) is 0 Å². The molecule has 2 unspecified atom stereocenters. The fraction of sp³-hybridized carbons (Fsp3) is 0.438. The van der Waals surface area contributed by atoms with Crippen molar-refractivity contribution < 1.29 is 9.90 Å². The third kappa shape index (κ3) is 3.02. The van der Waals surface area contributed by atoms with Crippen LogP contribution in [0.3, 0.4) is 0 Å². The summed E-state index contributed by atoms with van der Waals surface area (Å²) in [4.78, 5) is 11.3. The standard InChI is InChI=1S/C16H22N2O2/c1-3-6-11-7-5-8-13-15(11)12(16(20)18-13)9-10-17-14(19)4-2/h3,5,7-8,12,16,18,20H,1,4,6,9-10H2,2H3,(H,17,19). The molecular formula is C16H22N2O2. The topological polar surface area (TPSA) is 61.4 Å². The van der Waals surface area contributed by atoms with Gasteiger partial charge in [0.15, 0.2) is 0 Å². The van der Waals surface area contributed by atoms with Gasteiger partial charge in [-0.2, -0.15) is 0 Å². The lowest BCUT2D eigenvalue weighted by Gasteiger charge is -2.17. The first kappa shape index (κ1) is 14.6. The lowest BCUT2D eigenvalue weighted by Crippen LogP contribution is -2.28. The van der Waals surface area contributed by atoms with Gasteiger partial charge in [0.05, 0.1) is 0 Å². The van der Waals surface area contributed by atoms with Gasteiger partial charge in [0.25, 0.3) is 0 Å². The van der Waals surface area contributed by atoms with E-state index in [0.29, 0.717) is 13.0 Å². The van der Waals surface area contributed by atoms with Crippen LogP contribution in [0.25, 0.3) is 0 Å². The molecule has 2 atom stereocenters. The summed E-state index contributed by atoms with van der Waals surface area (Å²) in [7, 11) is 0. The average Bonchev–Trinajstić information content (AvgIpc) is 2.76. The fourth-order valence-electron chi connectivity index (χ4n) is 2.72. The molecule has 1 aliphatic rings. The third-order valence-electron chi connectivity index (χ3n) is 3.71. The molecule has 1 aromatic carbocycles. The van der Waals surface area contributed by atoms with E-state index >= 15 is 0 Å². The molecule has 1 aromatic rings. The summed E-state index contributed by atoms with van der Waals surface area (Å²) in [5.74, 6) is 0.0587. The van der Waals surface area contributed by atoms with E-state index in [1.54, 1.807) is 0 Å². The summed E-state index contributed by atoms with van der Waals surface area (Å²) in [6.07, 6.45) is 3.28. The number of fused-ring (bicyclic) bond motifs is 1. The number of anilines is 1. The minimum Gasteiger partial charge on any atom is -0.373 e. The van der Waals surface area contributed by atoms with Crippen LogP contribution in [-0.2, 0) is 11.2 Å². The first-order chi connectivity index (χ1) is 9.67. The number of hydrogen-bond acceptors (Lipinski definition) is 3. The van der Waals surface area contributed by atoms with Gasteiger partial charge in [0.2, 0.25) is 5.91 Å². The van der Waals surface area contributed by atoms with Gasteiger partial charge in [-0.05, 0) is 30.0 Å². The molecule has 0 saturated carbocycles. The second-order valence-electron chi connectivity index (χ2n) is 5.06. The van der Waals surface area contributed by atoms with Gasteiger partial charge in [0.1, 0.15) is 6.23 Å². The van der Waals surface area contributed by atoms with Gasteiger partial charge in [-0.1, -0.05) is 25.1 Å². The zero-order valence-electron chi connectivity index (χ0n) is 11.9. The smallest absolute Gasteiger partial charge is 0.219 e. The zero-order valence-corrected chi connectivity index (χ0v) is 11.9. The van der Waals surface area contributed by atoms with Crippen LogP contribution in [0.15, 0.2) is 30.9 Å². The van der Waals surface area contributed by atoms with Crippen LogP contribution in [0.2, 0.25) is 0 Å². The summed E-state index contributed by atoms with van der Waals surface area (Å²) in [5, 5.41) is 16.1. The summed E-state index contributed by atoms with van der Waals surface area (Å²) >= 11 is 0. The molecule has 0 bridgehead atoms. The molecule has 2 rings (SSSR count). The maximum atomic E-state index is 11.3. The molecule has 108 valence electrons. The Hall–Kier alpha value is -1.81. The van der Waals surface area contributed by atoms with Gasteiger partial charge in [0, 0.05) is 24.6 Å². The Kier molecular flexibility index (Phi) is 4.79. The zero-order chi connectivity index (χ0) is 14.5. The van der Waals surface area contributed by atoms with Crippen molar-refractivity contribution in [2.24, 2.45) is 0 Å². The van der Waals surface area contributed by atoms with E-state index in [1.807, 2.05) is 25.1 Å². The summed E-state index contributed by atoms with van der Waals surface area (Å²) in [6.45, 7) is 6.20. The van der Waals surface area contributed by atoms with E-state index in [4.69, 9.17) is 0 Å². The summed E-state index contributed by atoms with van der Waals surface area (Å²) in [6, 6.07) is 6.03. The predicted octanol–water partition coefficient (Wildman–Crippen LogP) is 2.16. The predicted molar refractivity (Wildman–Crippen MR) is 80.6 cm³/mol. The lowest BCUT2D eigenvalue weighted by atomic mass is 9.91. The number of amides is 1. The van der Waals surface area contributed by atoms with Crippen molar-refractivity contribution >= 4 is 11.6 Å². The molecule has 20 heavy (non-hydrogen) atoms. The van der Waals surface area contributed by atoms with Crippen molar-refractivity contribution in [2.75, 3.05) is 11.9 Å². The molecule has 4 heteroatoms. The van der Waals surface area contributed by atoms with E-state index in [0.717, 1.165) is 24.1 Å². The maximum Gasteiger partial charge on any atom is 0.219 e. The highest BCUT2D eigenvalue weighted by atomic mass is 16.3. The molecular weight excluding hydrogens is 252 g/mol. The Morgan fingerprint density at radius 3 is 3.05 bits per heavy atom. The largest absolute Gasteiger partial charge is 0.373 e. The van der Waals surface area contributed by atoms with Crippen molar-refractivity contribution in [3.05, 3.63) is 42.0 Å². The highest BCUT2D eigenvalue weighted by molar-refractivity contribution is 5.75. The molecule has 0 fully saturated rings. The van der Waals surface area contributed by atoms with Crippen LogP contribution in [0.4, 0.5) is 5.69 Å². The fourth-order valence-corrected chi connectivity index (χ4v) is 2.72. The SMILES string of the molecule is C=CCc1cccc2c1C(CCNC(=O)CC)C(O)N2. The second-order valence-corrected chi connectivity index (χ2v) is 5.06. The van der Waals surface area contributed by atoms with E-state index in [-0.39, 0.29) is 11.8 Å². The third-order valence-corrected chi connectivity index (χ3v) is 3.71. The number of nitrogens with one attached hydrogen (secondary N) is 2. The van der Waals surface area contributed by atoms with Crippen molar-refractivity contribution in [1.82, 2.24) is 5.32 Å². The second kappa shape index (κ2) is 6.57. The number of carbonyl (C=O) groups excluding carboxylic acids is 1. The molecule has 0 saturated heterocycles. The Labute approximate surface area is 119 Å². The molecule has 4 nitrogen and oxygen atoms in total. The quantitative estimate of drug-likeness (QED) is 0.697. The van der Waals surface area contributed by atoms with Crippen LogP contribution in [0.1, 0.15) is 36.8 Å². The normalized spacial score (nSPS) is 20.1. The lowest BCUT2D eigenvalue weighted by molar-refractivity contribution is -0.120. The number of hydrogen-bond donors (Lipinski definition) is 3. The Morgan fingerprint density at radius 2 is 2.35 bits per heavy atom. The summed E-state index contributed by atoms with van der Waals surface area (Å²) < 4.78 is 0. The van der Waals surface area contributed by atoms with Gasteiger partial charge < -0.3 is 15.7 Å². The molecule has 1 amide bonds. The number of allylic oxidation sites excluding steroid dienone is 1.